The molecule has 4 nitrogen and oxygen atoms in total. The fourth-order valence-electron chi connectivity index (χ4n) is 2.91. The molecule has 0 unspecified atom stereocenters. The minimum atomic E-state index is 0.150. The van der Waals surface area contributed by atoms with Crippen LogP contribution < -0.4 is 4.72 Å². The summed E-state index contributed by atoms with van der Waals surface area (Å²) in [4.78, 5) is 5.31. The normalized spacial score (nSPS) is 11.1. The van der Waals surface area contributed by atoms with Crippen LogP contribution in [0.3, 0.4) is 0 Å². The maximum absolute atomic E-state index is 6.40. The van der Waals surface area contributed by atoms with E-state index in [-0.39, 0.29) is 5.41 Å². The molecule has 3 aromatic heterocycles. The monoisotopic (exact) mass is 438 g/mol. The minimum Gasteiger partial charge on any atom is -0.310 e. The number of hydrogen-bond acceptors (Lipinski definition) is 4. The van der Waals surface area contributed by atoms with Crippen LogP contribution in [0.25, 0.3) is 16.8 Å². The Morgan fingerprint density at radius 3 is 2.37 bits per heavy atom. The smallest absolute Gasteiger partial charge is 0.138 e. The van der Waals surface area contributed by atoms with Crippen LogP contribution in [0.2, 0.25) is 5.02 Å². The number of rotatable bonds is 4. The van der Waals surface area contributed by atoms with Crippen molar-refractivity contribution in [3.05, 3.63) is 77.6 Å². The summed E-state index contributed by atoms with van der Waals surface area (Å²) >= 11 is 7.95. The predicted octanol–water partition coefficient (Wildman–Crippen LogP) is 7.49. The molecule has 156 valence electrons. The Hall–Kier alpha value is -2.50. The molecular formula is C24H27ClN4S. The molecule has 30 heavy (non-hydrogen) atoms. The van der Waals surface area contributed by atoms with Gasteiger partial charge in [0.15, 0.2) is 0 Å². The van der Waals surface area contributed by atoms with Crippen LogP contribution in [-0.2, 0) is 5.41 Å². The topological polar surface area (TPSA) is 42.2 Å². The van der Waals surface area contributed by atoms with Crippen molar-refractivity contribution in [3.63, 3.8) is 0 Å². The molecule has 4 aromatic rings. The molecule has 0 aliphatic rings. The van der Waals surface area contributed by atoms with E-state index in [4.69, 9.17) is 16.7 Å². The zero-order valence-electron chi connectivity index (χ0n) is 18.0. The Labute approximate surface area is 187 Å². The number of hydrogen-bond donors (Lipinski definition) is 1. The molecule has 0 fully saturated rings. The Morgan fingerprint density at radius 2 is 1.73 bits per heavy atom. The van der Waals surface area contributed by atoms with Gasteiger partial charge in [0.05, 0.1) is 16.2 Å². The van der Waals surface area contributed by atoms with E-state index in [1.165, 1.54) is 5.56 Å². The van der Waals surface area contributed by atoms with Crippen molar-refractivity contribution in [2.24, 2.45) is 0 Å². The first kappa shape index (κ1) is 22.2. The van der Waals surface area contributed by atoms with E-state index in [9.17, 15) is 0 Å². The van der Waals surface area contributed by atoms with E-state index in [2.05, 4.69) is 54.7 Å². The number of halogens is 1. The Kier molecular flexibility index (Phi) is 7.06. The molecule has 0 aliphatic carbocycles. The molecule has 0 radical (unpaired) electrons. The Balaban J connectivity index is 0.00000124. The number of fused-ring (bicyclic) bond motifs is 1. The lowest BCUT2D eigenvalue weighted by molar-refractivity contribution is 0.590. The van der Waals surface area contributed by atoms with Gasteiger partial charge in [-0.2, -0.15) is 5.10 Å². The molecule has 0 aliphatic heterocycles. The van der Waals surface area contributed by atoms with Crippen LogP contribution in [0.5, 0.6) is 0 Å². The van der Waals surface area contributed by atoms with Crippen molar-refractivity contribution < 1.29 is 0 Å². The van der Waals surface area contributed by atoms with E-state index in [1.54, 1.807) is 24.3 Å². The second-order valence-electron chi connectivity index (χ2n) is 7.61. The van der Waals surface area contributed by atoms with Gasteiger partial charge in [0.1, 0.15) is 5.82 Å². The highest BCUT2D eigenvalue weighted by molar-refractivity contribution is 8.00. The fourth-order valence-corrected chi connectivity index (χ4v) is 3.76. The minimum absolute atomic E-state index is 0.150. The van der Waals surface area contributed by atoms with Gasteiger partial charge < -0.3 is 4.72 Å². The molecule has 0 bridgehead atoms. The third-order valence-corrected chi connectivity index (χ3v) is 5.66. The number of pyridine rings is 2. The van der Waals surface area contributed by atoms with Gasteiger partial charge in [-0.1, -0.05) is 58.4 Å². The highest BCUT2D eigenvalue weighted by Gasteiger charge is 2.14. The van der Waals surface area contributed by atoms with Gasteiger partial charge in [0.2, 0.25) is 0 Å². The quantitative estimate of drug-likeness (QED) is 0.335. The molecule has 3 heterocycles. The zero-order chi connectivity index (χ0) is 21.7. The maximum atomic E-state index is 6.40. The van der Waals surface area contributed by atoms with Crippen LogP contribution >= 0.6 is 23.5 Å². The van der Waals surface area contributed by atoms with Crippen molar-refractivity contribution in [2.45, 2.75) is 44.9 Å². The summed E-state index contributed by atoms with van der Waals surface area (Å²) < 4.78 is 5.23. The largest absolute Gasteiger partial charge is 0.310 e. The summed E-state index contributed by atoms with van der Waals surface area (Å²) in [5, 5.41) is 5.38. The van der Waals surface area contributed by atoms with Crippen LogP contribution in [0.15, 0.2) is 71.9 Å². The average molecular weight is 439 g/mol. The van der Waals surface area contributed by atoms with E-state index < -0.39 is 0 Å². The van der Waals surface area contributed by atoms with E-state index >= 15 is 0 Å². The number of benzene rings is 1. The zero-order valence-corrected chi connectivity index (χ0v) is 19.6. The van der Waals surface area contributed by atoms with Gasteiger partial charge in [0.25, 0.3) is 0 Å². The van der Waals surface area contributed by atoms with Crippen LogP contribution in [0, 0.1) is 0 Å². The number of aromatic nitrogens is 3. The highest BCUT2D eigenvalue weighted by Crippen LogP contribution is 2.30. The van der Waals surface area contributed by atoms with Crippen LogP contribution in [0.4, 0.5) is 5.82 Å². The van der Waals surface area contributed by atoms with E-state index in [1.807, 2.05) is 48.7 Å². The fraction of sp³-hybridized carbons (Fsp3) is 0.250. The number of nitrogens with one attached hydrogen (secondary N) is 1. The van der Waals surface area contributed by atoms with Crippen LogP contribution in [0.1, 0.15) is 40.2 Å². The summed E-state index contributed by atoms with van der Waals surface area (Å²) in [6.07, 6.45) is 3.55. The first-order chi connectivity index (χ1) is 14.4. The number of nitrogens with zero attached hydrogens (tertiary/aromatic N) is 3. The molecule has 0 atom stereocenters. The van der Waals surface area contributed by atoms with E-state index in [0.717, 1.165) is 27.5 Å². The molecule has 0 spiro atoms. The molecule has 1 N–H and O–H groups in total. The lowest BCUT2D eigenvalue weighted by atomic mass is 9.87. The second-order valence-corrected chi connectivity index (χ2v) is 8.90. The SMILES string of the molecule is CC.CC(C)(C)c1ccc(SNc2ccc(Cl)c3cc(-c4cccnc4)nn23)cc1. The van der Waals surface area contributed by atoms with Crippen molar-refractivity contribution in [1.82, 2.24) is 14.6 Å². The van der Waals surface area contributed by atoms with Crippen LogP contribution in [-0.4, -0.2) is 14.6 Å². The maximum Gasteiger partial charge on any atom is 0.138 e. The average Bonchev–Trinajstić information content (AvgIpc) is 3.22. The lowest BCUT2D eigenvalue weighted by Gasteiger charge is -2.19. The Morgan fingerprint density at radius 1 is 1.00 bits per heavy atom. The molecule has 0 saturated carbocycles. The van der Waals surface area contributed by atoms with Gasteiger partial charge in [-0.3, -0.25) is 4.98 Å². The first-order valence-electron chi connectivity index (χ1n) is 10.0. The third-order valence-electron chi connectivity index (χ3n) is 4.52. The molecule has 1 aromatic carbocycles. The van der Waals surface area contributed by atoms with Gasteiger partial charge in [-0.25, -0.2) is 4.52 Å². The molecule has 0 saturated heterocycles. The first-order valence-corrected chi connectivity index (χ1v) is 11.2. The summed E-state index contributed by atoms with van der Waals surface area (Å²) in [7, 11) is 0. The lowest BCUT2D eigenvalue weighted by Crippen LogP contribution is -2.10. The Bertz CT molecular complexity index is 1100. The molecular weight excluding hydrogens is 412 g/mol. The second kappa shape index (κ2) is 9.54. The van der Waals surface area contributed by atoms with Gasteiger partial charge in [0, 0.05) is 22.9 Å². The van der Waals surface area contributed by atoms with Gasteiger partial charge >= 0.3 is 0 Å². The van der Waals surface area contributed by atoms with Crippen molar-refractivity contribution >= 4 is 34.9 Å². The van der Waals surface area contributed by atoms with Crippen molar-refractivity contribution in [3.8, 4) is 11.3 Å². The summed E-state index contributed by atoms with van der Waals surface area (Å²) in [5.41, 5.74) is 4.12. The van der Waals surface area contributed by atoms with Gasteiger partial charge in [-0.05, 0) is 65.4 Å². The number of anilines is 1. The highest BCUT2D eigenvalue weighted by atomic mass is 35.5. The molecule has 6 heteroatoms. The predicted molar refractivity (Wildman–Crippen MR) is 129 cm³/mol. The molecule has 4 rings (SSSR count). The third kappa shape index (κ3) is 4.97. The van der Waals surface area contributed by atoms with Gasteiger partial charge in [-0.15, -0.1) is 0 Å². The molecule has 0 amide bonds. The van der Waals surface area contributed by atoms with Crippen molar-refractivity contribution in [1.29, 1.82) is 0 Å². The summed E-state index contributed by atoms with van der Waals surface area (Å²) in [5.74, 6) is 0.861. The summed E-state index contributed by atoms with van der Waals surface area (Å²) in [6, 6.07) is 18.3. The van der Waals surface area contributed by atoms with Crippen molar-refractivity contribution in [2.75, 3.05) is 4.72 Å². The standard InChI is InChI=1S/C22H21ClN4S.C2H6/c1-22(2,3)16-6-8-17(9-7-16)28-26-21-11-10-18(23)20-13-19(25-27(20)21)15-5-4-12-24-14-15;1-2/h4-14,26H,1-3H3;1-2H3. The summed E-state index contributed by atoms with van der Waals surface area (Å²) in [6.45, 7) is 10.7. The van der Waals surface area contributed by atoms with E-state index in [0.29, 0.717) is 5.02 Å².